The van der Waals surface area contributed by atoms with Gasteiger partial charge in [0.05, 0.1) is 0 Å². The molecule has 2 heterocycles. The number of benzene rings is 1. The first-order valence-corrected chi connectivity index (χ1v) is 9.53. The Hall–Kier alpha value is -2.37. The molecule has 0 saturated carbocycles. The Morgan fingerprint density at radius 1 is 1.04 bits per heavy atom. The van der Waals surface area contributed by atoms with Crippen molar-refractivity contribution >= 4 is 18.2 Å². The number of hydrogen-bond acceptors (Lipinski definition) is 3. The van der Waals surface area contributed by atoms with Gasteiger partial charge >= 0.3 is 0 Å². The van der Waals surface area contributed by atoms with E-state index in [0.29, 0.717) is 43.3 Å². The van der Waals surface area contributed by atoms with Gasteiger partial charge in [0.25, 0.3) is 11.8 Å². The van der Waals surface area contributed by atoms with Crippen molar-refractivity contribution in [3.8, 4) is 0 Å². The molecule has 0 spiro atoms. The topological polar surface area (TPSA) is 60.9 Å². The molecular weight excluding hydrogens is 330 g/mol. The van der Waals surface area contributed by atoms with E-state index < -0.39 is 0 Å². The molecule has 2 saturated heterocycles. The number of carbonyl (C=O) groups is 3. The van der Waals surface area contributed by atoms with Crippen molar-refractivity contribution < 1.29 is 14.4 Å². The van der Waals surface area contributed by atoms with Crippen molar-refractivity contribution in [2.45, 2.75) is 38.6 Å². The Kier molecular flexibility index (Phi) is 5.91. The number of piperidine rings is 1. The second kappa shape index (κ2) is 8.34. The van der Waals surface area contributed by atoms with Crippen molar-refractivity contribution in [3.05, 3.63) is 35.4 Å². The van der Waals surface area contributed by atoms with E-state index in [1.807, 2.05) is 4.90 Å². The Morgan fingerprint density at radius 2 is 1.73 bits per heavy atom. The molecule has 26 heavy (non-hydrogen) atoms. The number of likely N-dealkylation sites (tertiary alicyclic amines) is 1. The average molecular weight is 357 g/mol. The highest BCUT2D eigenvalue weighted by Crippen LogP contribution is 2.22. The van der Waals surface area contributed by atoms with Crippen LogP contribution < -0.4 is 0 Å². The smallest absolute Gasteiger partial charge is 0.254 e. The van der Waals surface area contributed by atoms with Gasteiger partial charge in [0.15, 0.2) is 0 Å². The lowest BCUT2D eigenvalue weighted by atomic mass is 9.98. The zero-order valence-corrected chi connectivity index (χ0v) is 15.4. The zero-order chi connectivity index (χ0) is 18.5. The largest absolute Gasteiger partial charge is 0.342 e. The van der Waals surface area contributed by atoms with Gasteiger partial charge < -0.3 is 14.7 Å². The van der Waals surface area contributed by atoms with E-state index in [9.17, 15) is 14.4 Å². The Bertz CT molecular complexity index is 668. The van der Waals surface area contributed by atoms with Crippen LogP contribution in [0.5, 0.6) is 0 Å². The molecule has 0 radical (unpaired) electrons. The van der Waals surface area contributed by atoms with Crippen LogP contribution in [0.3, 0.4) is 0 Å². The maximum Gasteiger partial charge on any atom is 0.254 e. The molecule has 6 nitrogen and oxygen atoms in total. The number of carbonyl (C=O) groups excluding carboxylic acids is 3. The second-order valence-corrected chi connectivity index (χ2v) is 7.07. The summed E-state index contributed by atoms with van der Waals surface area (Å²) in [7, 11) is 0. The molecule has 0 aromatic heterocycles. The molecular formula is C20H27N3O3. The first kappa shape index (κ1) is 18.4. The predicted octanol–water partition coefficient (Wildman–Crippen LogP) is 2.01. The Balaban J connectivity index is 1.72. The van der Waals surface area contributed by atoms with Crippen LogP contribution in [0.25, 0.3) is 0 Å². The van der Waals surface area contributed by atoms with E-state index in [4.69, 9.17) is 0 Å². The fourth-order valence-corrected chi connectivity index (χ4v) is 3.86. The minimum atomic E-state index is -0.0733. The highest BCUT2D eigenvalue weighted by molar-refractivity contribution is 5.99. The van der Waals surface area contributed by atoms with Crippen LogP contribution in [-0.2, 0) is 4.79 Å². The molecule has 1 aromatic rings. The van der Waals surface area contributed by atoms with Gasteiger partial charge in [-0.1, -0.05) is 13.0 Å². The standard InChI is InChI=1S/C20H27N3O3/c1-2-18-8-3-4-9-23(18)20(26)17-7-5-6-16(14-17)19(25)22-12-10-21(15-24)11-13-22/h5-7,14-15,18H,2-4,8-13H2,1H3. The lowest BCUT2D eigenvalue weighted by Crippen LogP contribution is -2.48. The molecule has 6 heteroatoms. The van der Waals surface area contributed by atoms with E-state index >= 15 is 0 Å². The SMILES string of the molecule is CCC1CCCCN1C(=O)c1cccc(C(=O)N2CCN(C=O)CC2)c1. The summed E-state index contributed by atoms with van der Waals surface area (Å²) < 4.78 is 0. The zero-order valence-electron chi connectivity index (χ0n) is 15.4. The van der Waals surface area contributed by atoms with E-state index in [0.717, 1.165) is 32.2 Å². The highest BCUT2D eigenvalue weighted by Gasteiger charge is 2.27. The molecule has 3 amide bonds. The van der Waals surface area contributed by atoms with Gasteiger partial charge in [0.1, 0.15) is 0 Å². The summed E-state index contributed by atoms with van der Waals surface area (Å²) in [5.41, 5.74) is 1.13. The molecule has 1 atom stereocenters. The number of nitrogens with zero attached hydrogens (tertiary/aromatic N) is 3. The summed E-state index contributed by atoms with van der Waals surface area (Å²) in [6, 6.07) is 7.36. The third kappa shape index (κ3) is 3.89. The third-order valence-corrected chi connectivity index (χ3v) is 5.47. The fraction of sp³-hybridized carbons (Fsp3) is 0.550. The maximum absolute atomic E-state index is 13.0. The molecule has 0 N–H and O–H groups in total. The normalized spacial score (nSPS) is 20.8. The van der Waals surface area contributed by atoms with Gasteiger partial charge in [-0.25, -0.2) is 0 Å². The number of rotatable bonds is 4. The van der Waals surface area contributed by atoms with E-state index in [1.165, 1.54) is 6.42 Å². The first-order valence-electron chi connectivity index (χ1n) is 9.53. The fourth-order valence-electron chi connectivity index (χ4n) is 3.86. The van der Waals surface area contributed by atoms with Gasteiger partial charge in [0, 0.05) is 49.9 Å². The van der Waals surface area contributed by atoms with E-state index in [-0.39, 0.29) is 11.8 Å². The van der Waals surface area contributed by atoms with Gasteiger partial charge in [-0.2, -0.15) is 0 Å². The molecule has 1 unspecified atom stereocenters. The van der Waals surface area contributed by atoms with Gasteiger partial charge in [0.2, 0.25) is 6.41 Å². The second-order valence-electron chi connectivity index (χ2n) is 7.07. The molecule has 1 aromatic carbocycles. The molecule has 140 valence electrons. The molecule has 0 bridgehead atoms. The first-order chi connectivity index (χ1) is 12.6. The molecule has 2 fully saturated rings. The summed E-state index contributed by atoms with van der Waals surface area (Å²) in [6.45, 7) is 5.08. The number of amides is 3. The minimum Gasteiger partial charge on any atom is -0.342 e. The van der Waals surface area contributed by atoms with Crippen LogP contribution >= 0.6 is 0 Å². The summed E-state index contributed by atoms with van der Waals surface area (Å²) >= 11 is 0. The molecule has 2 aliphatic rings. The molecule has 0 aliphatic carbocycles. The van der Waals surface area contributed by atoms with Crippen LogP contribution in [0.4, 0.5) is 0 Å². The van der Waals surface area contributed by atoms with Crippen LogP contribution in [0, 0.1) is 0 Å². The predicted molar refractivity (Wildman–Crippen MR) is 98.9 cm³/mol. The van der Waals surface area contributed by atoms with E-state index in [2.05, 4.69) is 6.92 Å². The van der Waals surface area contributed by atoms with Crippen LogP contribution in [-0.4, -0.2) is 71.7 Å². The Labute approximate surface area is 154 Å². The Morgan fingerprint density at radius 3 is 2.38 bits per heavy atom. The number of piperazine rings is 1. The van der Waals surface area contributed by atoms with Crippen molar-refractivity contribution in [3.63, 3.8) is 0 Å². The van der Waals surface area contributed by atoms with Gasteiger partial charge in [-0.3, -0.25) is 14.4 Å². The quantitative estimate of drug-likeness (QED) is 0.775. The van der Waals surface area contributed by atoms with Crippen LogP contribution in [0.1, 0.15) is 53.3 Å². The van der Waals surface area contributed by atoms with Crippen molar-refractivity contribution in [1.29, 1.82) is 0 Å². The summed E-state index contributed by atoms with van der Waals surface area (Å²) in [4.78, 5) is 41.9. The van der Waals surface area contributed by atoms with Gasteiger partial charge in [-0.05, 0) is 43.9 Å². The monoisotopic (exact) mass is 357 g/mol. The maximum atomic E-state index is 13.0. The van der Waals surface area contributed by atoms with Crippen LogP contribution in [0.2, 0.25) is 0 Å². The lowest BCUT2D eigenvalue weighted by Gasteiger charge is -2.35. The summed E-state index contributed by atoms with van der Waals surface area (Å²) in [5, 5.41) is 0. The van der Waals surface area contributed by atoms with Gasteiger partial charge in [-0.15, -0.1) is 0 Å². The third-order valence-electron chi connectivity index (χ3n) is 5.47. The van der Waals surface area contributed by atoms with Crippen molar-refractivity contribution in [2.24, 2.45) is 0 Å². The lowest BCUT2D eigenvalue weighted by molar-refractivity contribution is -0.119. The average Bonchev–Trinajstić information content (AvgIpc) is 2.72. The van der Waals surface area contributed by atoms with Crippen molar-refractivity contribution in [1.82, 2.24) is 14.7 Å². The van der Waals surface area contributed by atoms with Crippen molar-refractivity contribution in [2.75, 3.05) is 32.7 Å². The highest BCUT2D eigenvalue weighted by atomic mass is 16.2. The number of hydrogen-bond donors (Lipinski definition) is 0. The molecule has 3 rings (SSSR count). The minimum absolute atomic E-state index is 0.0250. The molecule has 2 aliphatic heterocycles. The summed E-state index contributed by atoms with van der Waals surface area (Å²) in [5.74, 6) is -0.0483. The van der Waals surface area contributed by atoms with Crippen LogP contribution in [0.15, 0.2) is 24.3 Å². The summed E-state index contributed by atoms with van der Waals surface area (Å²) in [6.07, 6.45) is 5.06. The van der Waals surface area contributed by atoms with E-state index in [1.54, 1.807) is 34.1 Å².